The van der Waals surface area contributed by atoms with Crippen LogP contribution in [0.1, 0.15) is 18.9 Å². The summed E-state index contributed by atoms with van der Waals surface area (Å²) in [7, 11) is 0. The number of hydrogen-bond donors (Lipinski definition) is 3. The van der Waals surface area contributed by atoms with Gasteiger partial charge in [0.15, 0.2) is 0 Å². The van der Waals surface area contributed by atoms with Crippen molar-refractivity contribution in [1.82, 2.24) is 0 Å². The van der Waals surface area contributed by atoms with Crippen LogP contribution in [0.5, 0.6) is 11.5 Å². The van der Waals surface area contributed by atoms with Gasteiger partial charge in [-0.2, -0.15) is 0 Å². The van der Waals surface area contributed by atoms with Crippen molar-refractivity contribution >= 4 is 5.71 Å². The summed E-state index contributed by atoms with van der Waals surface area (Å²) in [6, 6.07) is 4.13. The van der Waals surface area contributed by atoms with Crippen LogP contribution in [0.2, 0.25) is 0 Å². The molecule has 0 aliphatic carbocycles. The first-order chi connectivity index (χ1) is 6.19. The molecule has 0 amide bonds. The molecule has 0 saturated heterocycles. The van der Waals surface area contributed by atoms with Gasteiger partial charge in [-0.05, 0) is 18.6 Å². The van der Waals surface area contributed by atoms with E-state index in [2.05, 4.69) is 5.16 Å². The second-order valence-electron chi connectivity index (χ2n) is 2.60. The highest BCUT2D eigenvalue weighted by molar-refractivity contribution is 6.02. The van der Waals surface area contributed by atoms with E-state index < -0.39 is 0 Å². The number of oxime groups is 1. The highest BCUT2D eigenvalue weighted by Gasteiger charge is 2.07. The Labute approximate surface area is 75.8 Å². The van der Waals surface area contributed by atoms with Gasteiger partial charge in [0.25, 0.3) is 0 Å². The van der Waals surface area contributed by atoms with Crippen LogP contribution in [0.4, 0.5) is 0 Å². The summed E-state index contributed by atoms with van der Waals surface area (Å²) in [5.74, 6) is -0.107. The maximum absolute atomic E-state index is 9.37. The fourth-order valence-electron chi connectivity index (χ4n) is 1.08. The average molecular weight is 181 g/mol. The minimum absolute atomic E-state index is 0.0188. The van der Waals surface area contributed by atoms with E-state index in [4.69, 9.17) is 10.3 Å². The summed E-state index contributed by atoms with van der Waals surface area (Å²) in [5.41, 5.74) is 0.820. The lowest BCUT2D eigenvalue weighted by atomic mass is 10.1. The van der Waals surface area contributed by atoms with Crippen LogP contribution in [-0.2, 0) is 0 Å². The van der Waals surface area contributed by atoms with Crippen LogP contribution in [-0.4, -0.2) is 21.1 Å². The summed E-state index contributed by atoms with van der Waals surface area (Å²) < 4.78 is 0. The lowest BCUT2D eigenvalue weighted by Gasteiger charge is -2.04. The van der Waals surface area contributed by atoms with Crippen molar-refractivity contribution < 1.29 is 15.4 Å². The number of nitrogens with zero attached hydrogens (tertiary/aromatic N) is 1. The van der Waals surface area contributed by atoms with E-state index in [0.717, 1.165) is 0 Å². The molecule has 1 aromatic rings. The Bertz CT molecular complexity index is 334. The van der Waals surface area contributed by atoms with Gasteiger partial charge in [-0.15, -0.1) is 0 Å². The molecule has 1 rings (SSSR count). The SMILES string of the molecule is CC/C(=N/O)c1ccc(O)cc1O. The summed E-state index contributed by atoms with van der Waals surface area (Å²) in [5, 5.41) is 30.0. The van der Waals surface area contributed by atoms with Crippen molar-refractivity contribution in [3.05, 3.63) is 23.8 Å². The van der Waals surface area contributed by atoms with E-state index in [1.54, 1.807) is 6.92 Å². The van der Waals surface area contributed by atoms with Gasteiger partial charge in [-0.25, -0.2) is 0 Å². The minimum Gasteiger partial charge on any atom is -0.508 e. The van der Waals surface area contributed by atoms with E-state index in [1.807, 2.05) is 0 Å². The van der Waals surface area contributed by atoms with Gasteiger partial charge in [-0.1, -0.05) is 12.1 Å². The van der Waals surface area contributed by atoms with Crippen LogP contribution in [0, 0.1) is 0 Å². The fourth-order valence-corrected chi connectivity index (χ4v) is 1.08. The molecule has 13 heavy (non-hydrogen) atoms. The highest BCUT2D eigenvalue weighted by atomic mass is 16.4. The zero-order chi connectivity index (χ0) is 9.84. The topological polar surface area (TPSA) is 73.1 Å². The van der Waals surface area contributed by atoms with Gasteiger partial charge in [0, 0.05) is 11.6 Å². The van der Waals surface area contributed by atoms with Crippen LogP contribution in [0.15, 0.2) is 23.4 Å². The molecule has 3 N–H and O–H groups in total. The smallest absolute Gasteiger partial charge is 0.128 e. The van der Waals surface area contributed by atoms with E-state index in [1.165, 1.54) is 18.2 Å². The molecule has 0 fully saturated rings. The first kappa shape index (κ1) is 9.38. The van der Waals surface area contributed by atoms with Crippen molar-refractivity contribution in [1.29, 1.82) is 0 Å². The van der Waals surface area contributed by atoms with Crippen molar-refractivity contribution in [2.45, 2.75) is 13.3 Å². The quantitative estimate of drug-likeness (QED) is 0.369. The third kappa shape index (κ3) is 1.90. The van der Waals surface area contributed by atoms with Crippen LogP contribution < -0.4 is 0 Å². The minimum atomic E-state index is -0.0883. The largest absolute Gasteiger partial charge is 0.508 e. The monoisotopic (exact) mass is 181 g/mol. The van der Waals surface area contributed by atoms with Crippen molar-refractivity contribution in [3.63, 3.8) is 0 Å². The van der Waals surface area contributed by atoms with Crippen LogP contribution in [0.25, 0.3) is 0 Å². The molecular formula is C9H11NO3. The number of benzene rings is 1. The van der Waals surface area contributed by atoms with E-state index >= 15 is 0 Å². The molecule has 0 aliphatic heterocycles. The molecule has 4 nitrogen and oxygen atoms in total. The number of phenols is 2. The molecule has 0 spiro atoms. The van der Waals surface area contributed by atoms with Gasteiger partial charge < -0.3 is 15.4 Å². The first-order valence-electron chi connectivity index (χ1n) is 3.92. The Morgan fingerprint density at radius 2 is 2.08 bits per heavy atom. The third-order valence-corrected chi connectivity index (χ3v) is 1.75. The van der Waals surface area contributed by atoms with Crippen molar-refractivity contribution in [2.24, 2.45) is 5.16 Å². The fraction of sp³-hybridized carbons (Fsp3) is 0.222. The Hall–Kier alpha value is -1.71. The van der Waals surface area contributed by atoms with E-state index in [0.29, 0.717) is 17.7 Å². The molecule has 70 valence electrons. The number of hydrogen-bond acceptors (Lipinski definition) is 4. The molecule has 0 radical (unpaired) electrons. The maximum Gasteiger partial charge on any atom is 0.128 e. The molecule has 0 heterocycles. The van der Waals surface area contributed by atoms with Crippen LogP contribution >= 0.6 is 0 Å². The van der Waals surface area contributed by atoms with Gasteiger partial charge in [-0.3, -0.25) is 0 Å². The second kappa shape index (κ2) is 3.80. The number of aromatic hydroxyl groups is 2. The molecule has 0 unspecified atom stereocenters. The molecular weight excluding hydrogens is 170 g/mol. The standard InChI is InChI=1S/C9H11NO3/c1-2-8(10-13)7-4-3-6(11)5-9(7)12/h3-5,11-13H,2H2,1H3/b10-8-. The predicted molar refractivity (Wildman–Crippen MR) is 48.4 cm³/mol. The summed E-state index contributed by atoms with van der Waals surface area (Å²) >= 11 is 0. The van der Waals surface area contributed by atoms with Gasteiger partial charge in [0.05, 0.1) is 5.71 Å². The summed E-state index contributed by atoms with van der Waals surface area (Å²) in [6.07, 6.45) is 0.509. The lowest BCUT2D eigenvalue weighted by Crippen LogP contribution is -1.98. The Morgan fingerprint density at radius 1 is 1.38 bits per heavy atom. The van der Waals surface area contributed by atoms with Gasteiger partial charge in [0.1, 0.15) is 11.5 Å². The second-order valence-corrected chi connectivity index (χ2v) is 2.60. The maximum atomic E-state index is 9.37. The molecule has 0 aliphatic rings. The number of rotatable bonds is 2. The average Bonchev–Trinajstić information content (AvgIpc) is 2.10. The van der Waals surface area contributed by atoms with Crippen molar-refractivity contribution in [3.8, 4) is 11.5 Å². The first-order valence-corrected chi connectivity index (χ1v) is 3.92. The summed E-state index contributed by atoms with van der Waals surface area (Å²) in [4.78, 5) is 0. The molecule has 0 bridgehead atoms. The molecule has 0 atom stereocenters. The van der Waals surface area contributed by atoms with Crippen molar-refractivity contribution in [2.75, 3.05) is 0 Å². The Kier molecular flexibility index (Phi) is 2.74. The predicted octanol–water partition coefficient (Wildman–Crippen LogP) is 1.69. The third-order valence-electron chi connectivity index (χ3n) is 1.75. The zero-order valence-electron chi connectivity index (χ0n) is 7.23. The molecule has 1 aromatic carbocycles. The molecule has 0 saturated carbocycles. The zero-order valence-corrected chi connectivity index (χ0v) is 7.23. The van der Waals surface area contributed by atoms with Crippen LogP contribution in [0.3, 0.4) is 0 Å². The summed E-state index contributed by atoms with van der Waals surface area (Å²) in [6.45, 7) is 1.81. The lowest BCUT2D eigenvalue weighted by molar-refractivity contribution is 0.318. The van der Waals surface area contributed by atoms with E-state index in [-0.39, 0.29) is 11.5 Å². The Morgan fingerprint density at radius 3 is 2.54 bits per heavy atom. The number of phenolic OH excluding ortho intramolecular Hbond substituents is 2. The molecule has 0 aromatic heterocycles. The van der Waals surface area contributed by atoms with Gasteiger partial charge >= 0.3 is 0 Å². The Balaban J connectivity index is 3.15. The normalized spacial score (nSPS) is 11.6. The molecule has 4 heteroatoms. The van der Waals surface area contributed by atoms with Gasteiger partial charge in [0.2, 0.25) is 0 Å². The highest BCUT2D eigenvalue weighted by Crippen LogP contribution is 2.23. The van der Waals surface area contributed by atoms with E-state index in [9.17, 15) is 5.11 Å².